The first-order valence-electron chi connectivity index (χ1n) is 7.20. The molecule has 2 aliphatic rings. The third-order valence-electron chi connectivity index (χ3n) is 4.48. The van der Waals surface area contributed by atoms with Crippen LogP contribution in [0.25, 0.3) is 0 Å². The van der Waals surface area contributed by atoms with Gasteiger partial charge in [-0.15, -0.1) is 0 Å². The molecule has 0 bridgehead atoms. The topological polar surface area (TPSA) is 75.6 Å². The first-order valence-corrected chi connectivity index (χ1v) is 7.20. The van der Waals surface area contributed by atoms with Crippen molar-refractivity contribution in [2.75, 3.05) is 19.8 Å². The number of carbonyl (C=O) groups is 2. The highest BCUT2D eigenvalue weighted by molar-refractivity contribution is 5.79. The van der Waals surface area contributed by atoms with Crippen molar-refractivity contribution in [2.24, 2.45) is 11.3 Å². The lowest BCUT2D eigenvalue weighted by molar-refractivity contribution is -0.154. The van der Waals surface area contributed by atoms with Crippen molar-refractivity contribution in [3.8, 4) is 0 Å². The Morgan fingerprint density at radius 1 is 1.21 bits per heavy atom. The second kappa shape index (κ2) is 6.37. The molecule has 2 N–H and O–H groups in total. The number of aliphatic carboxylic acids is 1. The maximum atomic E-state index is 11.9. The molecule has 0 aromatic carbocycles. The van der Waals surface area contributed by atoms with Crippen molar-refractivity contribution in [1.29, 1.82) is 0 Å². The monoisotopic (exact) mass is 269 g/mol. The number of hydrogen-bond donors (Lipinski definition) is 2. The second-order valence-electron chi connectivity index (χ2n) is 5.83. The molecule has 1 heterocycles. The van der Waals surface area contributed by atoms with E-state index in [4.69, 9.17) is 4.74 Å². The molecule has 1 saturated heterocycles. The molecule has 1 amide bonds. The normalized spacial score (nSPS) is 23.2. The maximum absolute atomic E-state index is 11.9. The molecular formula is C14H23NO4. The van der Waals surface area contributed by atoms with Gasteiger partial charge in [0.05, 0.1) is 5.41 Å². The van der Waals surface area contributed by atoms with E-state index in [1.807, 2.05) is 0 Å². The van der Waals surface area contributed by atoms with E-state index in [1.54, 1.807) is 0 Å². The van der Waals surface area contributed by atoms with Gasteiger partial charge in [0, 0.05) is 26.2 Å². The van der Waals surface area contributed by atoms with E-state index >= 15 is 0 Å². The number of hydrogen-bond acceptors (Lipinski definition) is 3. The zero-order valence-electron chi connectivity index (χ0n) is 11.3. The zero-order chi connectivity index (χ0) is 13.7. The number of carboxylic acids is 1. The lowest BCUT2D eigenvalue weighted by Gasteiger charge is -2.33. The Hall–Kier alpha value is -1.10. The van der Waals surface area contributed by atoms with Crippen molar-refractivity contribution < 1.29 is 19.4 Å². The fourth-order valence-corrected chi connectivity index (χ4v) is 3.05. The van der Waals surface area contributed by atoms with Crippen LogP contribution >= 0.6 is 0 Å². The second-order valence-corrected chi connectivity index (χ2v) is 5.83. The summed E-state index contributed by atoms with van der Waals surface area (Å²) in [6, 6.07) is 0. The number of carbonyl (C=O) groups excluding carboxylic acids is 1. The summed E-state index contributed by atoms with van der Waals surface area (Å²) in [6.45, 7) is 1.16. The van der Waals surface area contributed by atoms with Gasteiger partial charge in [-0.1, -0.05) is 12.8 Å². The summed E-state index contributed by atoms with van der Waals surface area (Å²) in [5.41, 5.74) is -0.830. The van der Waals surface area contributed by atoms with Crippen LogP contribution in [0.4, 0.5) is 0 Å². The highest BCUT2D eigenvalue weighted by Gasteiger charge is 2.40. The van der Waals surface area contributed by atoms with Gasteiger partial charge in [0.15, 0.2) is 0 Å². The van der Waals surface area contributed by atoms with Crippen molar-refractivity contribution in [1.82, 2.24) is 5.32 Å². The average Bonchev–Trinajstić information content (AvgIpc) is 2.90. The Labute approximate surface area is 113 Å². The Kier molecular flexibility index (Phi) is 4.80. The molecular weight excluding hydrogens is 246 g/mol. The van der Waals surface area contributed by atoms with Gasteiger partial charge < -0.3 is 15.2 Å². The Balaban J connectivity index is 1.81. The lowest BCUT2D eigenvalue weighted by atomic mass is 9.80. The van der Waals surface area contributed by atoms with Crippen LogP contribution in [0.15, 0.2) is 0 Å². The van der Waals surface area contributed by atoms with Crippen LogP contribution in [0.2, 0.25) is 0 Å². The number of nitrogens with one attached hydrogen (secondary N) is 1. The van der Waals surface area contributed by atoms with Crippen molar-refractivity contribution in [2.45, 2.75) is 44.9 Å². The van der Waals surface area contributed by atoms with E-state index in [2.05, 4.69) is 5.32 Å². The third-order valence-corrected chi connectivity index (χ3v) is 4.48. The Morgan fingerprint density at radius 2 is 1.84 bits per heavy atom. The predicted molar refractivity (Wildman–Crippen MR) is 69.7 cm³/mol. The number of rotatable bonds is 5. The molecule has 0 aromatic heterocycles. The summed E-state index contributed by atoms with van der Waals surface area (Å²) in [7, 11) is 0. The first kappa shape index (κ1) is 14.3. The lowest BCUT2D eigenvalue weighted by Crippen LogP contribution is -2.46. The van der Waals surface area contributed by atoms with Crippen LogP contribution in [-0.4, -0.2) is 36.7 Å². The van der Waals surface area contributed by atoms with Gasteiger partial charge in [-0.3, -0.25) is 9.59 Å². The smallest absolute Gasteiger partial charge is 0.311 e. The third kappa shape index (κ3) is 3.69. The largest absolute Gasteiger partial charge is 0.481 e. The summed E-state index contributed by atoms with van der Waals surface area (Å²) < 4.78 is 5.21. The summed E-state index contributed by atoms with van der Waals surface area (Å²) in [4.78, 5) is 23.3. The summed E-state index contributed by atoms with van der Waals surface area (Å²) in [6.07, 6.45) is 6.20. The molecule has 5 heteroatoms. The highest BCUT2D eigenvalue weighted by Crippen LogP contribution is 2.31. The molecule has 2 fully saturated rings. The average molecular weight is 269 g/mol. The van der Waals surface area contributed by atoms with Gasteiger partial charge in [-0.2, -0.15) is 0 Å². The van der Waals surface area contributed by atoms with Gasteiger partial charge in [-0.05, 0) is 31.6 Å². The van der Waals surface area contributed by atoms with Gasteiger partial charge in [0.25, 0.3) is 0 Å². The Bertz CT molecular complexity index is 330. The molecule has 5 nitrogen and oxygen atoms in total. The van der Waals surface area contributed by atoms with Crippen molar-refractivity contribution in [3.05, 3.63) is 0 Å². The quantitative estimate of drug-likeness (QED) is 0.794. The molecule has 0 aromatic rings. The van der Waals surface area contributed by atoms with E-state index in [1.165, 1.54) is 12.8 Å². The molecule has 2 rings (SSSR count). The standard InChI is InChI=1S/C14H23NO4/c16-12(9-11-3-1-2-4-11)15-10-14(13(17)18)5-7-19-8-6-14/h11H,1-10H2,(H,15,16)(H,17,18). The molecule has 1 aliphatic heterocycles. The van der Waals surface area contributed by atoms with Crippen LogP contribution in [0.1, 0.15) is 44.9 Å². The molecule has 0 unspecified atom stereocenters. The molecule has 19 heavy (non-hydrogen) atoms. The number of amides is 1. The van der Waals surface area contributed by atoms with Gasteiger partial charge >= 0.3 is 5.97 Å². The minimum Gasteiger partial charge on any atom is -0.481 e. The van der Waals surface area contributed by atoms with Gasteiger partial charge in [0.1, 0.15) is 0 Å². The first-order chi connectivity index (χ1) is 9.12. The molecule has 1 aliphatic carbocycles. The molecule has 0 atom stereocenters. The molecule has 0 spiro atoms. The predicted octanol–water partition coefficient (Wildman–Crippen LogP) is 1.56. The zero-order valence-corrected chi connectivity index (χ0v) is 11.3. The van der Waals surface area contributed by atoms with Gasteiger partial charge in [0.2, 0.25) is 5.91 Å². The fourth-order valence-electron chi connectivity index (χ4n) is 3.05. The van der Waals surface area contributed by atoms with E-state index in [0.717, 1.165) is 12.8 Å². The number of ether oxygens (including phenoxy) is 1. The minimum absolute atomic E-state index is 0.000910. The molecule has 108 valence electrons. The van der Waals surface area contributed by atoms with Crippen molar-refractivity contribution >= 4 is 11.9 Å². The van der Waals surface area contributed by atoms with E-state index in [0.29, 0.717) is 38.4 Å². The van der Waals surface area contributed by atoms with Crippen molar-refractivity contribution in [3.63, 3.8) is 0 Å². The SMILES string of the molecule is O=C(CC1CCCC1)NCC1(C(=O)O)CCOCC1. The van der Waals surface area contributed by atoms with Crippen LogP contribution < -0.4 is 5.32 Å². The minimum atomic E-state index is -0.830. The fraction of sp³-hybridized carbons (Fsp3) is 0.857. The van der Waals surface area contributed by atoms with Crippen LogP contribution in [0.3, 0.4) is 0 Å². The molecule has 1 saturated carbocycles. The highest BCUT2D eigenvalue weighted by atomic mass is 16.5. The van der Waals surface area contributed by atoms with Gasteiger partial charge in [-0.25, -0.2) is 0 Å². The van der Waals surface area contributed by atoms with E-state index in [-0.39, 0.29) is 12.5 Å². The van der Waals surface area contributed by atoms with Crippen LogP contribution in [0.5, 0.6) is 0 Å². The maximum Gasteiger partial charge on any atom is 0.311 e. The van der Waals surface area contributed by atoms with Crippen LogP contribution in [0, 0.1) is 11.3 Å². The Morgan fingerprint density at radius 3 is 2.42 bits per heavy atom. The number of carboxylic acid groups (broad SMARTS) is 1. The van der Waals surface area contributed by atoms with Crippen LogP contribution in [-0.2, 0) is 14.3 Å². The van der Waals surface area contributed by atoms with E-state index < -0.39 is 11.4 Å². The summed E-state index contributed by atoms with van der Waals surface area (Å²) in [5, 5.41) is 12.2. The summed E-state index contributed by atoms with van der Waals surface area (Å²) in [5.74, 6) is -0.327. The molecule has 0 radical (unpaired) electrons. The van der Waals surface area contributed by atoms with E-state index in [9.17, 15) is 14.7 Å². The summed E-state index contributed by atoms with van der Waals surface area (Å²) >= 11 is 0.